The van der Waals surface area contributed by atoms with Gasteiger partial charge in [0.2, 0.25) is 0 Å². The molecule has 25 heavy (non-hydrogen) atoms. The Hall–Kier alpha value is -3.46. The van der Waals surface area contributed by atoms with Crippen molar-refractivity contribution >= 4 is 18.0 Å². The fourth-order valence-corrected chi connectivity index (χ4v) is 1.90. The molecule has 0 bridgehead atoms. The zero-order valence-corrected chi connectivity index (χ0v) is 13.4. The maximum Gasteiger partial charge on any atom is 0.348 e. The Morgan fingerprint density at radius 3 is 2.32 bits per heavy atom. The SMILES string of the molecule is CCOC(=O)C(C#N)=Cc1ccc(OC(=O)c2ccc(F)cc2)cc1. The highest BCUT2D eigenvalue weighted by atomic mass is 19.1. The number of nitriles is 1. The van der Waals surface area contributed by atoms with Crippen LogP contribution in [0.25, 0.3) is 6.08 Å². The molecule has 0 aromatic heterocycles. The molecule has 0 radical (unpaired) electrons. The Bertz CT molecular complexity index is 833. The number of hydrogen-bond acceptors (Lipinski definition) is 5. The molecule has 0 atom stereocenters. The minimum atomic E-state index is -0.697. The van der Waals surface area contributed by atoms with Gasteiger partial charge in [0, 0.05) is 0 Å². The lowest BCUT2D eigenvalue weighted by Gasteiger charge is -2.05. The molecule has 5 nitrogen and oxygen atoms in total. The van der Waals surface area contributed by atoms with Crippen LogP contribution in [0.3, 0.4) is 0 Å². The van der Waals surface area contributed by atoms with Crippen LogP contribution in [-0.4, -0.2) is 18.5 Å². The first-order valence-corrected chi connectivity index (χ1v) is 7.40. The highest BCUT2D eigenvalue weighted by Gasteiger charge is 2.11. The van der Waals surface area contributed by atoms with Gasteiger partial charge in [0.25, 0.3) is 0 Å². The van der Waals surface area contributed by atoms with Crippen molar-refractivity contribution in [2.75, 3.05) is 6.61 Å². The highest BCUT2D eigenvalue weighted by molar-refractivity contribution is 5.97. The van der Waals surface area contributed by atoms with Gasteiger partial charge in [0.15, 0.2) is 0 Å². The van der Waals surface area contributed by atoms with E-state index in [9.17, 15) is 14.0 Å². The first-order valence-electron chi connectivity index (χ1n) is 7.40. The quantitative estimate of drug-likeness (QED) is 0.360. The molecule has 0 aliphatic carbocycles. The smallest absolute Gasteiger partial charge is 0.348 e. The van der Waals surface area contributed by atoms with Crippen LogP contribution in [0.1, 0.15) is 22.8 Å². The fraction of sp³-hybridized carbons (Fsp3) is 0.105. The molecule has 0 amide bonds. The third-order valence-electron chi connectivity index (χ3n) is 3.10. The second kappa shape index (κ2) is 8.41. The number of nitrogens with zero attached hydrogens (tertiary/aromatic N) is 1. The molecule has 0 saturated carbocycles. The van der Waals surface area contributed by atoms with E-state index in [1.165, 1.54) is 42.5 Å². The van der Waals surface area contributed by atoms with Gasteiger partial charge in [-0.1, -0.05) is 12.1 Å². The van der Waals surface area contributed by atoms with Crippen LogP contribution >= 0.6 is 0 Å². The van der Waals surface area contributed by atoms with Crippen LogP contribution in [0.15, 0.2) is 54.1 Å². The van der Waals surface area contributed by atoms with Gasteiger partial charge in [-0.3, -0.25) is 0 Å². The lowest BCUT2D eigenvalue weighted by Crippen LogP contribution is -2.08. The molecule has 0 heterocycles. The van der Waals surface area contributed by atoms with Crippen molar-refractivity contribution in [3.8, 4) is 11.8 Å². The summed E-state index contributed by atoms with van der Waals surface area (Å²) in [5.41, 5.74) is 0.670. The first kappa shape index (κ1) is 17.9. The molecule has 0 aliphatic heterocycles. The van der Waals surface area contributed by atoms with Gasteiger partial charge in [0.05, 0.1) is 12.2 Å². The van der Waals surface area contributed by atoms with E-state index in [2.05, 4.69) is 0 Å². The summed E-state index contributed by atoms with van der Waals surface area (Å²) in [5.74, 6) is -1.48. The fourth-order valence-electron chi connectivity index (χ4n) is 1.90. The summed E-state index contributed by atoms with van der Waals surface area (Å²) < 4.78 is 22.8. The van der Waals surface area contributed by atoms with Gasteiger partial charge < -0.3 is 9.47 Å². The van der Waals surface area contributed by atoms with E-state index < -0.39 is 17.8 Å². The van der Waals surface area contributed by atoms with E-state index in [0.29, 0.717) is 5.56 Å². The summed E-state index contributed by atoms with van der Waals surface area (Å²) in [6.45, 7) is 1.83. The molecular weight excluding hydrogens is 325 g/mol. The second-order valence-corrected chi connectivity index (χ2v) is 4.86. The zero-order valence-electron chi connectivity index (χ0n) is 13.4. The number of carbonyl (C=O) groups excluding carboxylic acids is 2. The van der Waals surface area contributed by atoms with Crippen LogP contribution in [0.4, 0.5) is 4.39 Å². The summed E-state index contributed by atoms with van der Waals surface area (Å²) in [6, 6.07) is 13.0. The van der Waals surface area contributed by atoms with Crippen molar-refractivity contribution in [2.24, 2.45) is 0 Å². The molecule has 0 unspecified atom stereocenters. The Morgan fingerprint density at radius 1 is 1.12 bits per heavy atom. The van der Waals surface area contributed by atoms with Gasteiger partial charge in [-0.2, -0.15) is 5.26 Å². The van der Waals surface area contributed by atoms with Gasteiger partial charge in [0.1, 0.15) is 23.2 Å². The van der Waals surface area contributed by atoms with Crippen molar-refractivity contribution in [1.82, 2.24) is 0 Å². The van der Waals surface area contributed by atoms with Gasteiger partial charge >= 0.3 is 11.9 Å². The number of ether oxygens (including phenoxy) is 2. The van der Waals surface area contributed by atoms with Crippen molar-refractivity contribution in [3.05, 3.63) is 71.0 Å². The molecule has 126 valence electrons. The minimum Gasteiger partial charge on any atom is -0.462 e. The topological polar surface area (TPSA) is 76.4 Å². The summed E-state index contributed by atoms with van der Waals surface area (Å²) in [7, 11) is 0. The standard InChI is InChI=1S/C19H14FNO4/c1-2-24-18(22)15(12-21)11-13-3-9-17(10-4-13)25-19(23)14-5-7-16(20)8-6-14/h3-11H,2H2,1H3. The number of esters is 2. The van der Waals surface area contributed by atoms with E-state index in [-0.39, 0.29) is 23.5 Å². The average Bonchev–Trinajstić information content (AvgIpc) is 2.61. The van der Waals surface area contributed by atoms with Crippen molar-refractivity contribution in [2.45, 2.75) is 6.92 Å². The maximum absolute atomic E-state index is 12.8. The Labute approximate surface area is 143 Å². The van der Waals surface area contributed by atoms with Crippen LogP contribution in [-0.2, 0) is 9.53 Å². The van der Waals surface area contributed by atoms with Crippen molar-refractivity contribution in [3.63, 3.8) is 0 Å². The summed E-state index contributed by atoms with van der Waals surface area (Å²) in [5, 5.41) is 8.99. The number of rotatable bonds is 5. The zero-order chi connectivity index (χ0) is 18.2. The Kier molecular flexibility index (Phi) is 6.02. The van der Waals surface area contributed by atoms with Gasteiger partial charge in [-0.15, -0.1) is 0 Å². The van der Waals surface area contributed by atoms with Gasteiger partial charge in [-0.25, -0.2) is 14.0 Å². The molecule has 2 aromatic rings. The monoisotopic (exact) mass is 339 g/mol. The molecule has 0 spiro atoms. The predicted octanol–water partition coefficient (Wildman–Crippen LogP) is 3.51. The Morgan fingerprint density at radius 2 is 1.76 bits per heavy atom. The summed E-state index contributed by atoms with van der Waals surface area (Å²) in [6.07, 6.45) is 1.38. The average molecular weight is 339 g/mol. The normalized spacial score (nSPS) is 10.7. The van der Waals surface area contributed by atoms with Gasteiger partial charge in [-0.05, 0) is 55.0 Å². The van der Waals surface area contributed by atoms with Crippen LogP contribution in [0, 0.1) is 17.1 Å². The van der Waals surface area contributed by atoms with Crippen LogP contribution < -0.4 is 4.74 Å². The molecule has 0 N–H and O–H groups in total. The Balaban J connectivity index is 2.09. The van der Waals surface area contributed by atoms with E-state index in [0.717, 1.165) is 0 Å². The lowest BCUT2D eigenvalue weighted by atomic mass is 10.1. The third-order valence-corrected chi connectivity index (χ3v) is 3.10. The molecule has 2 rings (SSSR count). The molecule has 0 aliphatic rings. The van der Waals surface area contributed by atoms with Crippen LogP contribution in [0.5, 0.6) is 5.75 Å². The van der Waals surface area contributed by atoms with E-state index in [1.54, 1.807) is 25.1 Å². The maximum atomic E-state index is 12.8. The molecule has 0 saturated heterocycles. The van der Waals surface area contributed by atoms with Crippen molar-refractivity contribution in [1.29, 1.82) is 5.26 Å². The molecule has 2 aromatic carbocycles. The number of carbonyl (C=O) groups is 2. The highest BCUT2D eigenvalue weighted by Crippen LogP contribution is 2.17. The third kappa shape index (κ3) is 5.01. The minimum absolute atomic E-state index is 0.127. The number of hydrogen-bond donors (Lipinski definition) is 0. The largest absolute Gasteiger partial charge is 0.462 e. The van der Waals surface area contributed by atoms with E-state index >= 15 is 0 Å². The molecular formula is C19H14FNO4. The lowest BCUT2D eigenvalue weighted by molar-refractivity contribution is -0.137. The van der Waals surface area contributed by atoms with E-state index in [4.69, 9.17) is 14.7 Å². The predicted molar refractivity (Wildman–Crippen MR) is 88.0 cm³/mol. The second-order valence-electron chi connectivity index (χ2n) is 4.86. The van der Waals surface area contributed by atoms with Crippen molar-refractivity contribution < 1.29 is 23.5 Å². The number of halogens is 1. The summed E-state index contributed by atoms with van der Waals surface area (Å²) in [4.78, 5) is 23.5. The first-order chi connectivity index (χ1) is 12.0. The number of benzene rings is 2. The molecule has 0 fully saturated rings. The van der Waals surface area contributed by atoms with E-state index in [1.807, 2.05) is 0 Å². The summed E-state index contributed by atoms with van der Waals surface area (Å²) >= 11 is 0. The molecule has 6 heteroatoms. The van der Waals surface area contributed by atoms with Crippen LogP contribution in [0.2, 0.25) is 0 Å².